The number of carbonyl (C=O) groups excluding carboxylic acids is 2. The molecule has 0 aliphatic heterocycles. The van der Waals surface area contributed by atoms with Gasteiger partial charge in [-0.15, -0.1) is 0 Å². The van der Waals surface area contributed by atoms with Crippen molar-refractivity contribution in [1.82, 2.24) is 0 Å². The molecule has 0 saturated heterocycles. The van der Waals surface area contributed by atoms with Crippen LogP contribution in [-0.4, -0.2) is 26.0 Å². The molecule has 4 nitrogen and oxygen atoms in total. The van der Waals surface area contributed by atoms with Crippen LogP contribution in [0.25, 0.3) is 0 Å². The van der Waals surface area contributed by atoms with Crippen molar-refractivity contribution in [3.05, 3.63) is 65.7 Å². The van der Waals surface area contributed by atoms with Crippen molar-refractivity contribution in [3.8, 4) is 5.75 Å². The first-order valence-electron chi connectivity index (χ1n) is 6.95. The zero-order valence-corrected chi connectivity index (χ0v) is 12.6. The highest BCUT2D eigenvalue weighted by Gasteiger charge is 2.25. The summed E-state index contributed by atoms with van der Waals surface area (Å²) in [5, 5.41) is 0. The number of esters is 1. The molecule has 0 aliphatic rings. The van der Waals surface area contributed by atoms with E-state index in [1.807, 2.05) is 30.3 Å². The van der Waals surface area contributed by atoms with Gasteiger partial charge in [0.15, 0.2) is 5.78 Å². The van der Waals surface area contributed by atoms with Gasteiger partial charge < -0.3 is 9.47 Å². The lowest BCUT2D eigenvalue weighted by atomic mass is 9.91. The number of benzene rings is 2. The van der Waals surface area contributed by atoms with Gasteiger partial charge in [0.2, 0.25) is 0 Å². The van der Waals surface area contributed by atoms with Gasteiger partial charge in [0.1, 0.15) is 5.75 Å². The van der Waals surface area contributed by atoms with Crippen LogP contribution in [0.1, 0.15) is 28.3 Å². The summed E-state index contributed by atoms with van der Waals surface area (Å²) in [5.41, 5.74) is 1.32. The number of hydrogen-bond acceptors (Lipinski definition) is 4. The van der Waals surface area contributed by atoms with Crippen LogP contribution in [0, 0.1) is 0 Å². The first kappa shape index (κ1) is 15.8. The zero-order chi connectivity index (χ0) is 15.9. The summed E-state index contributed by atoms with van der Waals surface area (Å²) in [6.45, 7) is 0. The lowest BCUT2D eigenvalue weighted by Gasteiger charge is -2.14. The summed E-state index contributed by atoms with van der Waals surface area (Å²) in [7, 11) is 2.90. The first-order valence-corrected chi connectivity index (χ1v) is 6.95. The van der Waals surface area contributed by atoms with Crippen molar-refractivity contribution >= 4 is 11.8 Å². The summed E-state index contributed by atoms with van der Waals surface area (Å²) < 4.78 is 9.90. The van der Waals surface area contributed by atoms with Crippen LogP contribution in [0.2, 0.25) is 0 Å². The van der Waals surface area contributed by atoms with Crippen LogP contribution in [0.5, 0.6) is 5.75 Å². The second kappa shape index (κ2) is 7.41. The minimum atomic E-state index is -0.596. The Morgan fingerprint density at radius 1 is 0.955 bits per heavy atom. The smallest absolute Gasteiger partial charge is 0.313 e. The maximum atomic E-state index is 12.4. The average molecular weight is 298 g/mol. The Kier molecular flexibility index (Phi) is 5.31. The van der Waals surface area contributed by atoms with E-state index in [9.17, 15) is 9.59 Å². The quantitative estimate of drug-likeness (QED) is 0.607. The number of carbonyl (C=O) groups is 2. The van der Waals surface area contributed by atoms with Gasteiger partial charge in [0, 0.05) is 12.0 Å². The average Bonchev–Trinajstić information content (AvgIpc) is 2.59. The van der Waals surface area contributed by atoms with Gasteiger partial charge in [-0.1, -0.05) is 30.3 Å². The number of methoxy groups -OCH3 is 2. The zero-order valence-electron chi connectivity index (χ0n) is 12.6. The fourth-order valence-electron chi connectivity index (χ4n) is 2.25. The third-order valence-corrected chi connectivity index (χ3v) is 3.49. The van der Waals surface area contributed by atoms with Crippen molar-refractivity contribution < 1.29 is 19.1 Å². The standard InChI is InChI=1S/C18H18O4/c1-21-15-10-8-14(9-11-15)17(19)12-16(18(20)22-2)13-6-4-3-5-7-13/h3-11,16H,12H2,1-2H3. The highest BCUT2D eigenvalue weighted by molar-refractivity contribution is 5.99. The van der Waals surface area contributed by atoms with E-state index in [1.54, 1.807) is 31.4 Å². The molecule has 1 unspecified atom stereocenters. The summed E-state index contributed by atoms with van der Waals surface area (Å²) in [6.07, 6.45) is 0.0724. The van der Waals surface area contributed by atoms with Crippen molar-refractivity contribution in [1.29, 1.82) is 0 Å². The molecule has 0 radical (unpaired) electrons. The normalized spacial score (nSPS) is 11.5. The topological polar surface area (TPSA) is 52.6 Å². The molecule has 0 fully saturated rings. The lowest BCUT2D eigenvalue weighted by Crippen LogP contribution is -2.18. The number of ether oxygens (including phenoxy) is 2. The molecular formula is C18H18O4. The Morgan fingerprint density at radius 3 is 2.14 bits per heavy atom. The van der Waals surface area contributed by atoms with Crippen LogP contribution in [0.3, 0.4) is 0 Å². The predicted molar refractivity (Wildman–Crippen MR) is 83.1 cm³/mol. The van der Waals surface area contributed by atoms with Crippen molar-refractivity contribution in [2.24, 2.45) is 0 Å². The number of rotatable bonds is 6. The molecule has 0 spiro atoms. The number of ketones is 1. The fraction of sp³-hybridized carbons (Fsp3) is 0.222. The van der Waals surface area contributed by atoms with E-state index in [0.29, 0.717) is 11.3 Å². The van der Waals surface area contributed by atoms with Crippen molar-refractivity contribution in [2.45, 2.75) is 12.3 Å². The second-order valence-electron chi connectivity index (χ2n) is 4.84. The van der Waals surface area contributed by atoms with Gasteiger partial charge in [0.05, 0.1) is 20.1 Å². The third kappa shape index (κ3) is 3.73. The molecule has 0 aromatic heterocycles. The largest absolute Gasteiger partial charge is 0.497 e. The first-order chi connectivity index (χ1) is 10.7. The van der Waals surface area contributed by atoms with E-state index in [4.69, 9.17) is 9.47 Å². The molecular weight excluding hydrogens is 280 g/mol. The predicted octanol–water partition coefficient (Wildman–Crippen LogP) is 3.22. The minimum absolute atomic E-state index is 0.0724. The molecule has 2 rings (SSSR count). The SMILES string of the molecule is COC(=O)C(CC(=O)c1ccc(OC)cc1)c1ccccc1. The monoisotopic (exact) mass is 298 g/mol. The Balaban J connectivity index is 2.19. The molecule has 1 atom stereocenters. The van der Waals surface area contributed by atoms with E-state index in [0.717, 1.165) is 5.56 Å². The van der Waals surface area contributed by atoms with Crippen LogP contribution in [-0.2, 0) is 9.53 Å². The van der Waals surface area contributed by atoms with E-state index in [1.165, 1.54) is 7.11 Å². The summed E-state index contributed by atoms with van der Waals surface area (Å²) in [5.74, 6) is -0.431. The van der Waals surface area contributed by atoms with Crippen LogP contribution < -0.4 is 4.74 Å². The van der Waals surface area contributed by atoms with Gasteiger partial charge >= 0.3 is 5.97 Å². The molecule has 22 heavy (non-hydrogen) atoms. The van der Waals surface area contributed by atoms with Gasteiger partial charge in [-0.2, -0.15) is 0 Å². The van der Waals surface area contributed by atoms with E-state index < -0.39 is 11.9 Å². The van der Waals surface area contributed by atoms with Gasteiger partial charge in [0.25, 0.3) is 0 Å². The van der Waals surface area contributed by atoms with E-state index in [-0.39, 0.29) is 12.2 Å². The number of hydrogen-bond donors (Lipinski definition) is 0. The Hall–Kier alpha value is -2.62. The highest BCUT2D eigenvalue weighted by Crippen LogP contribution is 2.24. The maximum absolute atomic E-state index is 12.4. The fourth-order valence-corrected chi connectivity index (χ4v) is 2.25. The third-order valence-electron chi connectivity index (χ3n) is 3.49. The van der Waals surface area contributed by atoms with Crippen LogP contribution in [0.15, 0.2) is 54.6 Å². The Labute approximate surface area is 129 Å². The van der Waals surface area contributed by atoms with E-state index in [2.05, 4.69) is 0 Å². The van der Waals surface area contributed by atoms with Gasteiger partial charge in [-0.05, 0) is 29.8 Å². The molecule has 0 bridgehead atoms. The molecule has 0 amide bonds. The molecule has 4 heteroatoms. The summed E-state index contributed by atoms with van der Waals surface area (Å²) >= 11 is 0. The highest BCUT2D eigenvalue weighted by atomic mass is 16.5. The van der Waals surface area contributed by atoms with Crippen molar-refractivity contribution in [3.63, 3.8) is 0 Å². The molecule has 114 valence electrons. The van der Waals surface area contributed by atoms with Gasteiger partial charge in [-0.25, -0.2) is 0 Å². The summed E-state index contributed by atoms with van der Waals surface area (Å²) in [4.78, 5) is 24.4. The minimum Gasteiger partial charge on any atom is -0.497 e. The maximum Gasteiger partial charge on any atom is 0.313 e. The molecule has 0 heterocycles. The van der Waals surface area contributed by atoms with Crippen molar-refractivity contribution in [2.75, 3.05) is 14.2 Å². The molecule has 0 N–H and O–H groups in total. The Bertz CT molecular complexity index is 632. The molecule has 0 aliphatic carbocycles. The number of Topliss-reactive ketones (excluding diaryl/α,β-unsaturated/α-hetero) is 1. The van der Waals surface area contributed by atoms with Gasteiger partial charge in [-0.3, -0.25) is 9.59 Å². The molecule has 0 saturated carbocycles. The Morgan fingerprint density at radius 2 is 1.59 bits per heavy atom. The molecule has 2 aromatic carbocycles. The van der Waals surface area contributed by atoms with E-state index >= 15 is 0 Å². The lowest BCUT2D eigenvalue weighted by molar-refractivity contribution is -0.142. The summed E-state index contributed by atoms with van der Waals surface area (Å²) in [6, 6.07) is 16.0. The van der Waals surface area contributed by atoms with Crippen LogP contribution in [0.4, 0.5) is 0 Å². The second-order valence-corrected chi connectivity index (χ2v) is 4.84. The van der Waals surface area contributed by atoms with Crippen LogP contribution >= 0.6 is 0 Å². The molecule has 2 aromatic rings.